The van der Waals surface area contributed by atoms with Crippen molar-refractivity contribution >= 4 is 5.91 Å². The van der Waals surface area contributed by atoms with Gasteiger partial charge in [-0.05, 0) is 12.8 Å². The van der Waals surface area contributed by atoms with Crippen LogP contribution >= 0.6 is 0 Å². The van der Waals surface area contributed by atoms with Gasteiger partial charge >= 0.3 is 0 Å². The lowest BCUT2D eigenvalue weighted by molar-refractivity contribution is -0.127. The van der Waals surface area contributed by atoms with Gasteiger partial charge in [0, 0.05) is 25.0 Å². The molecule has 1 aliphatic carbocycles. The molecule has 1 fully saturated rings. The number of primary amides is 1. The van der Waals surface area contributed by atoms with Gasteiger partial charge in [0.15, 0.2) is 0 Å². The topological polar surface area (TPSA) is 83.8 Å². The van der Waals surface area contributed by atoms with Gasteiger partial charge in [-0.15, -0.1) is 0 Å². The number of aromatic amines is 1. The van der Waals surface area contributed by atoms with Crippen molar-refractivity contribution in [2.75, 3.05) is 6.54 Å². The van der Waals surface area contributed by atoms with Crippen LogP contribution in [-0.2, 0) is 11.3 Å². The van der Waals surface area contributed by atoms with E-state index in [0.717, 1.165) is 31.4 Å². The molecule has 16 heavy (non-hydrogen) atoms. The number of aromatic nitrogens is 2. The Morgan fingerprint density at radius 1 is 1.56 bits per heavy atom. The fourth-order valence-corrected chi connectivity index (χ4v) is 2.38. The molecule has 0 unspecified atom stereocenters. The maximum absolute atomic E-state index is 11.5. The molecule has 0 saturated heterocycles. The number of imidazole rings is 1. The molecule has 5 heteroatoms. The van der Waals surface area contributed by atoms with Crippen LogP contribution in [0.3, 0.4) is 0 Å². The fraction of sp³-hybridized carbons (Fsp3) is 0.636. The van der Waals surface area contributed by atoms with Crippen molar-refractivity contribution in [3.05, 3.63) is 18.2 Å². The van der Waals surface area contributed by atoms with E-state index in [1.807, 2.05) is 0 Å². The van der Waals surface area contributed by atoms with Crippen molar-refractivity contribution in [3.63, 3.8) is 0 Å². The first-order valence-electron chi connectivity index (χ1n) is 5.71. The second kappa shape index (κ2) is 4.65. The summed E-state index contributed by atoms with van der Waals surface area (Å²) in [4.78, 5) is 18.4. The quantitative estimate of drug-likeness (QED) is 0.680. The summed E-state index contributed by atoms with van der Waals surface area (Å²) in [5.41, 5.74) is 6.20. The zero-order valence-corrected chi connectivity index (χ0v) is 9.33. The lowest BCUT2D eigenvalue weighted by atomic mass is 9.85. The maximum atomic E-state index is 11.5. The number of hydrogen-bond donors (Lipinski definition) is 3. The molecular weight excluding hydrogens is 204 g/mol. The van der Waals surface area contributed by atoms with Crippen molar-refractivity contribution in [1.29, 1.82) is 0 Å². The Hall–Kier alpha value is -1.36. The predicted molar refractivity (Wildman–Crippen MR) is 60.4 cm³/mol. The molecule has 1 aromatic rings. The first-order valence-corrected chi connectivity index (χ1v) is 5.71. The molecule has 1 heterocycles. The third kappa shape index (κ3) is 2.24. The zero-order valence-electron chi connectivity index (χ0n) is 9.33. The molecule has 0 bridgehead atoms. The number of carbonyl (C=O) groups excluding carboxylic acids is 1. The summed E-state index contributed by atoms with van der Waals surface area (Å²) in [7, 11) is 0. The van der Waals surface area contributed by atoms with Crippen LogP contribution in [0.5, 0.6) is 0 Å². The number of rotatable bonds is 5. The SMILES string of the molecule is NC(=O)C1(CNCc2cnc[nH]2)CCCC1. The molecule has 1 aliphatic rings. The van der Waals surface area contributed by atoms with E-state index in [-0.39, 0.29) is 11.3 Å². The van der Waals surface area contributed by atoms with Gasteiger partial charge in [-0.25, -0.2) is 4.98 Å². The number of carbonyl (C=O) groups is 1. The van der Waals surface area contributed by atoms with Gasteiger partial charge in [0.1, 0.15) is 0 Å². The maximum Gasteiger partial charge on any atom is 0.224 e. The third-order valence-electron chi connectivity index (χ3n) is 3.42. The first kappa shape index (κ1) is 11.1. The van der Waals surface area contributed by atoms with Crippen molar-refractivity contribution in [1.82, 2.24) is 15.3 Å². The molecule has 0 aliphatic heterocycles. The molecule has 0 atom stereocenters. The van der Waals surface area contributed by atoms with Crippen LogP contribution in [-0.4, -0.2) is 22.4 Å². The third-order valence-corrected chi connectivity index (χ3v) is 3.42. The average Bonchev–Trinajstić information content (AvgIpc) is 2.88. The molecule has 1 amide bonds. The second-order valence-corrected chi connectivity index (χ2v) is 4.53. The Kier molecular flexibility index (Phi) is 3.24. The summed E-state index contributed by atoms with van der Waals surface area (Å²) < 4.78 is 0. The first-order chi connectivity index (χ1) is 7.73. The molecular formula is C11H18N4O. The zero-order chi connectivity index (χ0) is 11.4. The van der Waals surface area contributed by atoms with Crippen LogP contribution in [0.2, 0.25) is 0 Å². The smallest absolute Gasteiger partial charge is 0.224 e. The number of nitrogens with zero attached hydrogens (tertiary/aromatic N) is 1. The van der Waals surface area contributed by atoms with Crippen LogP contribution in [0.25, 0.3) is 0 Å². The molecule has 1 saturated carbocycles. The normalized spacial score (nSPS) is 18.8. The minimum atomic E-state index is -0.319. The van der Waals surface area contributed by atoms with Crippen molar-refractivity contribution in [2.45, 2.75) is 32.2 Å². The standard InChI is InChI=1S/C11H18N4O/c12-10(16)11(3-1-2-4-11)7-13-5-9-6-14-8-15-9/h6,8,13H,1-5,7H2,(H2,12,16)(H,14,15). The van der Waals surface area contributed by atoms with E-state index < -0.39 is 0 Å². The molecule has 0 spiro atoms. The minimum Gasteiger partial charge on any atom is -0.369 e. The van der Waals surface area contributed by atoms with Gasteiger partial charge in [-0.1, -0.05) is 12.8 Å². The summed E-state index contributed by atoms with van der Waals surface area (Å²) in [5.74, 6) is -0.165. The lowest BCUT2D eigenvalue weighted by Crippen LogP contribution is -2.42. The molecule has 88 valence electrons. The Bertz CT molecular complexity index is 341. The largest absolute Gasteiger partial charge is 0.369 e. The summed E-state index contributed by atoms with van der Waals surface area (Å²) in [5, 5.41) is 3.28. The Morgan fingerprint density at radius 3 is 2.88 bits per heavy atom. The van der Waals surface area contributed by atoms with E-state index in [0.29, 0.717) is 13.1 Å². The van der Waals surface area contributed by atoms with E-state index in [4.69, 9.17) is 5.73 Å². The second-order valence-electron chi connectivity index (χ2n) is 4.53. The van der Waals surface area contributed by atoms with Crippen LogP contribution in [0.4, 0.5) is 0 Å². The van der Waals surface area contributed by atoms with Gasteiger partial charge in [0.25, 0.3) is 0 Å². The number of H-pyrrole nitrogens is 1. The van der Waals surface area contributed by atoms with E-state index in [1.165, 1.54) is 0 Å². The van der Waals surface area contributed by atoms with E-state index in [1.54, 1.807) is 12.5 Å². The summed E-state index contributed by atoms with van der Waals surface area (Å²) >= 11 is 0. The van der Waals surface area contributed by atoms with Gasteiger partial charge in [-0.3, -0.25) is 4.79 Å². The minimum absolute atomic E-state index is 0.165. The number of amides is 1. The summed E-state index contributed by atoms with van der Waals surface area (Å²) in [6.07, 6.45) is 7.47. The number of hydrogen-bond acceptors (Lipinski definition) is 3. The molecule has 5 nitrogen and oxygen atoms in total. The van der Waals surface area contributed by atoms with Crippen LogP contribution in [0.15, 0.2) is 12.5 Å². The fourth-order valence-electron chi connectivity index (χ4n) is 2.38. The van der Waals surface area contributed by atoms with Gasteiger partial charge in [0.05, 0.1) is 11.7 Å². The highest BCUT2D eigenvalue weighted by molar-refractivity contribution is 5.81. The average molecular weight is 222 g/mol. The number of nitrogens with two attached hydrogens (primary N) is 1. The Labute approximate surface area is 94.8 Å². The summed E-state index contributed by atoms with van der Waals surface area (Å²) in [6.45, 7) is 1.37. The van der Waals surface area contributed by atoms with Crippen LogP contribution in [0.1, 0.15) is 31.4 Å². The van der Waals surface area contributed by atoms with E-state index >= 15 is 0 Å². The molecule has 2 rings (SSSR count). The van der Waals surface area contributed by atoms with Gasteiger partial charge < -0.3 is 16.0 Å². The van der Waals surface area contributed by atoms with Gasteiger partial charge in [-0.2, -0.15) is 0 Å². The highest BCUT2D eigenvalue weighted by atomic mass is 16.1. The monoisotopic (exact) mass is 222 g/mol. The lowest BCUT2D eigenvalue weighted by Gasteiger charge is -2.25. The number of nitrogens with one attached hydrogen (secondary N) is 2. The molecule has 0 radical (unpaired) electrons. The van der Waals surface area contributed by atoms with Gasteiger partial charge in [0.2, 0.25) is 5.91 Å². The Balaban J connectivity index is 1.85. The summed E-state index contributed by atoms with van der Waals surface area (Å²) in [6, 6.07) is 0. The van der Waals surface area contributed by atoms with Crippen LogP contribution in [0, 0.1) is 5.41 Å². The van der Waals surface area contributed by atoms with Crippen molar-refractivity contribution in [2.24, 2.45) is 11.1 Å². The van der Waals surface area contributed by atoms with Crippen LogP contribution < -0.4 is 11.1 Å². The predicted octanol–water partition coefficient (Wildman–Crippen LogP) is 0.545. The Morgan fingerprint density at radius 2 is 2.31 bits per heavy atom. The highest BCUT2D eigenvalue weighted by Gasteiger charge is 2.38. The van der Waals surface area contributed by atoms with Crippen molar-refractivity contribution in [3.8, 4) is 0 Å². The molecule has 0 aromatic carbocycles. The highest BCUT2D eigenvalue weighted by Crippen LogP contribution is 2.37. The van der Waals surface area contributed by atoms with E-state index in [9.17, 15) is 4.79 Å². The molecule has 4 N–H and O–H groups in total. The van der Waals surface area contributed by atoms with E-state index in [2.05, 4.69) is 15.3 Å². The molecule has 1 aromatic heterocycles. The van der Waals surface area contributed by atoms with Crippen molar-refractivity contribution < 1.29 is 4.79 Å².